The molecule has 0 radical (unpaired) electrons. The minimum atomic E-state index is -0.196. The molecule has 27 heavy (non-hydrogen) atoms. The second kappa shape index (κ2) is 8.61. The molecular weight excluding hydrogens is 342 g/mol. The van der Waals surface area contributed by atoms with Crippen molar-refractivity contribution in [2.75, 3.05) is 13.2 Å². The van der Waals surface area contributed by atoms with Crippen LogP contribution in [0, 0.1) is 5.92 Å². The molecule has 1 aromatic carbocycles. The number of benzene rings is 1. The SMILES string of the molecule is O=C(CCCc1ccc(C2CC2)cc1)NC(c1nn[nH]n1)C1CCOCC1. The minimum Gasteiger partial charge on any atom is -0.381 e. The first-order chi connectivity index (χ1) is 13.3. The number of ether oxygens (including phenoxy) is 1. The van der Waals surface area contributed by atoms with Crippen LogP contribution in [0.25, 0.3) is 0 Å². The molecule has 1 saturated heterocycles. The van der Waals surface area contributed by atoms with Crippen LogP contribution in [0.2, 0.25) is 0 Å². The van der Waals surface area contributed by atoms with E-state index in [2.05, 4.69) is 50.2 Å². The third-order valence-electron chi connectivity index (χ3n) is 5.59. The van der Waals surface area contributed by atoms with Crippen LogP contribution in [0.4, 0.5) is 0 Å². The van der Waals surface area contributed by atoms with E-state index in [4.69, 9.17) is 4.74 Å². The van der Waals surface area contributed by atoms with Gasteiger partial charge in [0.05, 0.1) is 6.04 Å². The summed E-state index contributed by atoms with van der Waals surface area (Å²) in [5.41, 5.74) is 2.75. The number of hydrogen-bond donors (Lipinski definition) is 2. The van der Waals surface area contributed by atoms with E-state index in [1.54, 1.807) is 0 Å². The molecule has 0 spiro atoms. The molecule has 2 fully saturated rings. The lowest BCUT2D eigenvalue weighted by atomic mass is 9.91. The van der Waals surface area contributed by atoms with Gasteiger partial charge in [-0.1, -0.05) is 29.5 Å². The van der Waals surface area contributed by atoms with Crippen molar-refractivity contribution in [1.29, 1.82) is 0 Å². The van der Waals surface area contributed by atoms with E-state index in [-0.39, 0.29) is 17.9 Å². The maximum atomic E-state index is 12.5. The molecule has 2 aromatic rings. The number of carbonyl (C=O) groups excluding carboxylic acids is 1. The van der Waals surface area contributed by atoms with Crippen molar-refractivity contribution in [3.8, 4) is 0 Å². The molecule has 7 heteroatoms. The van der Waals surface area contributed by atoms with Crippen molar-refractivity contribution < 1.29 is 9.53 Å². The third-order valence-corrected chi connectivity index (χ3v) is 5.59. The predicted molar refractivity (Wildman–Crippen MR) is 100.0 cm³/mol. The highest BCUT2D eigenvalue weighted by atomic mass is 16.5. The van der Waals surface area contributed by atoms with Crippen LogP contribution in [0.3, 0.4) is 0 Å². The quantitative estimate of drug-likeness (QED) is 0.746. The van der Waals surface area contributed by atoms with Gasteiger partial charge in [0.2, 0.25) is 5.91 Å². The summed E-state index contributed by atoms with van der Waals surface area (Å²) >= 11 is 0. The summed E-state index contributed by atoms with van der Waals surface area (Å²) in [5.74, 6) is 1.68. The fourth-order valence-corrected chi connectivity index (χ4v) is 3.82. The van der Waals surface area contributed by atoms with Crippen molar-refractivity contribution in [3.05, 3.63) is 41.2 Å². The Labute approximate surface area is 159 Å². The van der Waals surface area contributed by atoms with Gasteiger partial charge in [-0.05, 0) is 61.5 Å². The van der Waals surface area contributed by atoms with Crippen LogP contribution in [0.1, 0.15) is 67.4 Å². The number of nitrogens with zero attached hydrogens (tertiary/aromatic N) is 3. The Bertz CT molecular complexity index is 721. The summed E-state index contributed by atoms with van der Waals surface area (Å²) in [7, 11) is 0. The zero-order valence-electron chi connectivity index (χ0n) is 15.6. The molecule has 1 atom stereocenters. The van der Waals surface area contributed by atoms with Crippen LogP contribution in [0.5, 0.6) is 0 Å². The first kappa shape index (κ1) is 18.1. The molecule has 4 rings (SSSR count). The second-order valence-corrected chi connectivity index (χ2v) is 7.63. The standard InChI is InChI=1S/C20H27N5O2/c26-18(3-1-2-14-4-6-15(7-5-14)16-8-9-16)21-19(20-22-24-25-23-20)17-10-12-27-13-11-17/h4-7,16-17,19H,1-3,8-13H2,(H,21,26)(H,22,23,24,25). The zero-order valence-corrected chi connectivity index (χ0v) is 15.6. The van der Waals surface area contributed by atoms with E-state index in [0.717, 1.165) is 31.6 Å². The van der Waals surface area contributed by atoms with Crippen molar-refractivity contribution in [2.24, 2.45) is 5.92 Å². The van der Waals surface area contributed by atoms with Gasteiger partial charge in [-0.25, -0.2) is 0 Å². The fourth-order valence-electron chi connectivity index (χ4n) is 3.82. The summed E-state index contributed by atoms with van der Waals surface area (Å²) in [4.78, 5) is 12.5. The van der Waals surface area contributed by atoms with E-state index in [1.807, 2.05) is 0 Å². The first-order valence-electron chi connectivity index (χ1n) is 9.99. The summed E-state index contributed by atoms with van der Waals surface area (Å²) in [6.07, 6.45) is 6.70. The van der Waals surface area contributed by atoms with Gasteiger partial charge >= 0.3 is 0 Å². The van der Waals surface area contributed by atoms with Gasteiger partial charge in [0, 0.05) is 19.6 Å². The number of tetrazole rings is 1. The summed E-state index contributed by atoms with van der Waals surface area (Å²) < 4.78 is 5.44. The van der Waals surface area contributed by atoms with Gasteiger partial charge in [0.25, 0.3) is 0 Å². The highest BCUT2D eigenvalue weighted by Gasteiger charge is 2.29. The van der Waals surface area contributed by atoms with Crippen molar-refractivity contribution in [2.45, 2.75) is 56.9 Å². The average Bonchev–Trinajstić information content (AvgIpc) is 3.42. The Hall–Kier alpha value is -2.28. The van der Waals surface area contributed by atoms with Gasteiger partial charge in [0.15, 0.2) is 5.82 Å². The molecule has 1 unspecified atom stereocenters. The van der Waals surface area contributed by atoms with Gasteiger partial charge in [-0.15, -0.1) is 10.2 Å². The lowest BCUT2D eigenvalue weighted by Gasteiger charge is -2.28. The van der Waals surface area contributed by atoms with Crippen molar-refractivity contribution in [3.63, 3.8) is 0 Å². The number of aromatic amines is 1. The summed E-state index contributed by atoms with van der Waals surface area (Å²) in [5, 5.41) is 17.5. The Kier molecular flexibility index (Phi) is 5.77. The molecule has 144 valence electrons. The van der Waals surface area contributed by atoms with E-state index in [1.165, 1.54) is 24.0 Å². The zero-order chi connectivity index (χ0) is 18.5. The van der Waals surface area contributed by atoms with Crippen molar-refractivity contribution >= 4 is 5.91 Å². The normalized spacial score (nSPS) is 19.0. The molecular formula is C20H27N5O2. The highest BCUT2D eigenvalue weighted by molar-refractivity contribution is 5.76. The topological polar surface area (TPSA) is 92.8 Å². The van der Waals surface area contributed by atoms with Crippen LogP contribution < -0.4 is 5.32 Å². The number of nitrogens with one attached hydrogen (secondary N) is 2. The molecule has 1 aliphatic heterocycles. The van der Waals surface area contributed by atoms with E-state index < -0.39 is 0 Å². The lowest BCUT2D eigenvalue weighted by Crippen LogP contribution is -2.36. The number of amides is 1. The van der Waals surface area contributed by atoms with Crippen molar-refractivity contribution in [1.82, 2.24) is 25.9 Å². The molecule has 1 saturated carbocycles. The fraction of sp³-hybridized carbons (Fsp3) is 0.600. The summed E-state index contributed by atoms with van der Waals surface area (Å²) in [6.45, 7) is 1.43. The van der Waals surface area contributed by atoms with Gasteiger partial charge in [-0.2, -0.15) is 5.21 Å². The molecule has 1 aliphatic carbocycles. The number of carbonyl (C=O) groups is 1. The highest BCUT2D eigenvalue weighted by Crippen LogP contribution is 2.39. The predicted octanol–water partition coefficient (Wildman–Crippen LogP) is 2.68. The first-order valence-corrected chi connectivity index (χ1v) is 9.99. The maximum absolute atomic E-state index is 12.5. The monoisotopic (exact) mass is 369 g/mol. The van der Waals surface area contributed by atoms with Crippen LogP contribution in [-0.2, 0) is 16.0 Å². The van der Waals surface area contributed by atoms with Crippen LogP contribution >= 0.6 is 0 Å². The molecule has 2 heterocycles. The number of H-pyrrole nitrogens is 1. The van der Waals surface area contributed by atoms with E-state index >= 15 is 0 Å². The number of aryl methyl sites for hydroxylation is 1. The molecule has 2 aliphatic rings. The van der Waals surface area contributed by atoms with Gasteiger partial charge < -0.3 is 10.1 Å². The minimum absolute atomic E-state index is 0.0471. The molecule has 2 N–H and O–H groups in total. The van der Waals surface area contributed by atoms with Gasteiger partial charge in [-0.3, -0.25) is 4.79 Å². The lowest BCUT2D eigenvalue weighted by molar-refractivity contribution is -0.122. The Balaban J connectivity index is 1.27. The van der Waals surface area contributed by atoms with Gasteiger partial charge in [0.1, 0.15) is 0 Å². The molecule has 1 amide bonds. The van der Waals surface area contributed by atoms with E-state index in [0.29, 0.717) is 25.5 Å². The second-order valence-electron chi connectivity index (χ2n) is 7.63. The molecule has 7 nitrogen and oxygen atoms in total. The maximum Gasteiger partial charge on any atom is 0.220 e. The Morgan fingerprint density at radius 2 is 1.96 bits per heavy atom. The summed E-state index contributed by atoms with van der Waals surface area (Å²) in [6, 6.07) is 8.69. The van der Waals surface area contributed by atoms with Crippen LogP contribution in [0.15, 0.2) is 24.3 Å². The largest absolute Gasteiger partial charge is 0.381 e. The van der Waals surface area contributed by atoms with Crippen LogP contribution in [-0.4, -0.2) is 39.7 Å². The molecule has 1 aromatic heterocycles. The smallest absolute Gasteiger partial charge is 0.220 e. The Morgan fingerprint density at radius 3 is 2.63 bits per heavy atom. The van der Waals surface area contributed by atoms with E-state index in [9.17, 15) is 4.79 Å². The Morgan fingerprint density at radius 1 is 1.19 bits per heavy atom. The average molecular weight is 369 g/mol. The molecule has 0 bridgehead atoms. The third kappa shape index (κ3) is 4.91. The number of aromatic nitrogens is 4. The number of hydrogen-bond acceptors (Lipinski definition) is 5. The number of rotatable bonds is 8.